The lowest BCUT2D eigenvalue weighted by molar-refractivity contribution is -0.129. The van der Waals surface area contributed by atoms with Gasteiger partial charge in [0.2, 0.25) is 5.91 Å². The molecule has 1 N–H and O–H groups in total. The monoisotopic (exact) mass is 370 g/mol. The predicted molar refractivity (Wildman–Crippen MR) is 104 cm³/mol. The maximum absolute atomic E-state index is 12.3. The summed E-state index contributed by atoms with van der Waals surface area (Å²) in [6, 6.07) is 14.7. The topological polar surface area (TPSA) is 67.9 Å². The summed E-state index contributed by atoms with van der Waals surface area (Å²) in [5, 5.41) is 2.64. The van der Waals surface area contributed by atoms with Crippen LogP contribution >= 0.6 is 0 Å². The molecule has 0 spiro atoms. The highest BCUT2D eigenvalue weighted by molar-refractivity contribution is 5.98. The molecule has 0 aliphatic carbocycles. The van der Waals surface area contributed by atoms with Gasteiger partial charge in [0.1, 0.15) is 18.1 Å². The van der Waals surface area contributed by atoms with Gasteiger partial charge in [0, 0.05) is 7.05 Å². The van der Waals surface area contributed by atoms with Gasteiger partial charge in [0.15, 0.2) is 0 Å². The number of hydrogen-bond acceptors (Lipinski definition) is 4. The van der Waals surface area contributed by atoms with Crippen LogP contribution in [0.3, 0.4) is 0 Å². The predicted octanol–water partition coefficient (Wildman–Crippen LogP) is 2.66. The summed E-state index contributed by atoms with van der Waals surface area (Å²) in [5.41, 5.74) is 1.53. The lowest BCUT2D eigenvalue weighted by Gasteiger charge is -2.18. The Morgan fingerprint density at radius 2 is 1.85 bits per heavy atom. The normalized spacial score (nSPS) is 10.2. The number of carbonyl (C=O) groups is 2. The number of ether oxygens (including phenoxy) is 2. The summed E-state index contributed by atoms with van der Waals surface area (Å²) < 4.78 is 11.1. The molecule has 0 unspecified atom stereocenters. The summed E-state index contributed by atoms with van der Waals surface area (Å²) in [7, 11) is 1.68. The van der Waals surface area contributed by atoms with Gasteiger partial charge in [0.05, 0.1) is 25.3 Å². The van der Waals surface area contributed by atoms with Crippen LogP contribution in [0.5, 0.6) is 11.5 Å². The minimum atomic E-state index is -0.336. The zero-order valence-electron chi connectivity index (χ0n) is 16.0. The number of amides is 2. The van der Waals surface area contributed by atoms with E-state index in [2.05, 4.69) is 5.32 Å². The molecule has 6 heteroatoms. The molecule has 0 bridgehead atoms. The van der Waals surface area contributed by atoms with E-state index in [-0.39, 0.29) is 18.4 Å². The van der Waals surface area contributed by atoms with Crippen LogP contribution in [0.1, 0.15) is 22.8 Å². The second kappa shape index (κ2) is 10.2. The van der Waals surface area contributed by atoms with Crippen LogP contribution in [0, 0.1) is 6.92 Å². The number of likely N-dealkylation sites (N-methyl/N-ethyl adjacent to an activating group) is 1. The number of nitrogens with zero attached hydrogens (tertiary/aromatic N) is 1. The molecule has 0 aliphatic rings. The van der Waals surface area contributed by atoms with Crippen molar-refractivity contribution in [2.75, 3.05) is 33.4 Å². The van der Waals surface area contributed by atoms with E-state index in [0.717, 1.165) is 11.3 Å². The molecule has 2 aromatic carbocycles. The van der Waals surface area contributed by atoms with E-state index in [1.54, 1.807) is 31.3 Å². The quantitative estimate of drug-likeness (QED) is 0.737. The number of benzene rings is 2. The van der Waals surface area contributed by atoms with Crippen molar-refractivity contribution in [3.05, 3.63) is 59.7 Å². The van der Waals surface area contributed by atoms with Gasteiger partial charge in [0.25, 0.3) is 5.91 Å². The largest absolute Gasteiger partial charge is 0.493 e. The highest BCUT2D eigenvalue weighted by Gasteiger charge is 2.15. The fourth-order valence-electron chi connectivity index (χ4n) is 2.45. The molecule has 0 saturated heterocycles. The van der Waals surface area contributed by atoms with Gasteiger partial charge in [-0.1, -0.05) is 24.3 Å². The van der Waals surface area contributed by atoms with Crippen LogP contribution in [0.15, 0.2) is 48.5 Å². The van der Waals surface area contributed by atoms with Crippen molar-refractivity contribution in [2.45, 2.75) is 13.8 Å². The Labute approximate surface area is 160 Å². The molecular weight excluding hydrogens is 344 g/mol. The van der Waals surface area contributed by atoms with E-state index < -0.39 is 0 Å². The Balaban J connectivity index is 1.78. The minimum absolute atomic E-state index is 0.0831. The molecule has 0 saturated carbocycles. The lowest BCUT2D eigenvalue weighted by atomic mass is 10.2. The summed E-state index contributed by atoms with van der Waals surface area (Å²) in [6.45, 7) is 5.04. The number of aryl methyl sites for hydroxylation is 1. The number of rotatable bonds is 9. The lowest BCUT2D eigenvalue weighted by Crippen LogP contribution is -2.39. The SMILES string of the molecule is CCOc1ccccc1C(=O)NCC(=O)N(C)CCOc1cccc(C)c1. The van der Waals surface area contributed by atoms with E-state index in [1.807, 2.05) is 38.1 Å². The van der Waals surface area contributed by atoms with Gasteiger partial charge in [-0.2, -0.15) is 0 Å². The molecule has 0 aromatic heterocycles. The molecular formula is C21H26N2O4. The smallest absolute Gasteiger partial charge is 0.255 e. The molecule has 0 fully saturated rings. The summed E-state index contributed by atoms with van der Waals surface area (Å²) in [4.78, 5) is 26.1. The Morgan fingerprint density at radius 3 is 2.59 bits per heavy atom. The maximum atomic E-state index is 12.3. The van der Waals surface area contributed by atoms with E-state index in [9.17, 15) is 9.59 Å². The molecule has 144 valence electrons. The van der Waals surface area contributed by atoms with Crippen LogP contribution in [0.4, 0.5) is 0 Å². The fraction of sp³-hybridized carbons (Fsp3) is 0.333. The van der Waals surface area contributed by atoms with Crippen LogP contribution < -0.4 is 14.8 Å². The van der Waals surface area contributed by atoms with Gasteiger partial charge in [-0.25, -0.2) is 0 Å². The zero-order chi connectivity index (χ0) is 19.6. The highest BCUT2D eigenvalue weighted by Crippen LogP contribution is 2.17. The first-order chi connectivity index (χ1) is 13.0. The van der Waals surface area contributed by atoms with Crippen molar-refractivity contribution >= 4 is 11.8 Å². The third-order valence-corrected chi connectivity index (χ3v) is 3.94. The van der Waals surface area contributed by atoms with Crippen molar-refractivity contribution in [2.24, 2.45) is 0 Å². The molecule has 27 heavy (non-hydrogen) atoms. The van der Waals surface area contributed by atoms with Crippen molar-refractivity contribution < 1.29 is 19.1 Å². The van der Waals surface area contributed by atoms with E-state index in [4.69, 9.17) is 9.47 Å². The van der Waals surface area contributed by atoms with Crippen molar-refractivity contribution in [3.63, 3.8) is 0 Å². The second-order valence-corrected chi connectivity index (χ2v) is 6.09. The van der Waals surface area contributed by atoms with Gasteiger partial charge < -0.3 is 19.7 Å². The fourth-order valence-corrected chi connectivity index (χ4v) is 2.45. The van der Waals surface area contributed by atoms with Gasteiger partial charge >= 0.3 is 0 Å². The second-order valence-electron chi connectivity index (χ2n) is 6.09. The first-order valence-electron chi connectivity index (χ1n) is 8.94. The van der Waals surface area contributed by atoms with E-state index in [0.29, 0.717) is 31.1 Å². The average Bonchev–Trinajstić information content (AvgIpc) is 2.66. The molecule has 0 radical (unpaired) electrons. The minimum Gasteiger partial charge on any atom is -0.493 e. The summed E-state index contributed by atoms with van der Waals surface area (Å²) >= 11 is 0. The van der Waals surface area contributed by atoms with Gasteiger partial charge in [-0.05, 0) is 43.7 Å². The van der Waals surface area contributed by atoms with Crippen LogP contribution in [0.25, 0.3) is 0 Å². The zero-order valence-corrected chi connectivity index (χ0v) is 16.0. The van der Waals surface area contributed by atoms with Crippen LogP contribution in [-0.4, -0.2) is 50.1 Å². The third kappa shape index (κ3) is 6.33. The molecule has 0 aliphatic heterocycles. The summed E-state index contributed by atoms with van der Waals surface area (Å²) in [6.07, 6.45) is 0. The van der Waals surface area contributed by atoms with Crippen molar-refractivity contribution in [1.82, 2.24) is 10.2 Å². The highest BCUT2D eigenvalue weighted by atomic mass is 16.5. The molecule has 2 rings (SSSR count). The molecule has 6 nitrogen and oxygen atoms in total. The Bertz CT molecular complexity index is 776. The van der Waals surface area contributed by atoms with Crippen LogP contribution in [0.2, 0.25) is 0 Å². The first-order valence-corrected chi connectivity index (χ1v) is 8.94. The number of nitrogens with one attached hydrogen (secondary N) is 1. The van der Waals surface area contributed by atoms with Crippen molar-refractivity contribution in [3.8, 4) is 11.5 Å². The molecule has 2 amide bonds. The summed E-state index contributed by atoms with van der Waals surface area (Å²) in [5.74, 6) is 0.753. The Kier molecular flexibility index (Phi) is 7.67. The van der Waals surface area contributed by atoms with Crippen molar-refractivity contribution in [1.29, 1.82) is 0 Å². The Hall–Kier alpha value is -3.02. The molecule has 0 atom stereocenters. The molecule has 2 aromatic rings. The van der Waals surface area contributed by atoms with Crippen LogP contribution in [-0.2, 0) is 4.79 Å². The first kappa shape index (κ1) is 20.3. The number of para-hydroxylation sites is 1. The Morgan fingerprint density at radius 1 is 1.07 bits per heavy atom. The van der Waals surface area contributed by atoms with Gasteiger partial charge in [-0.15, -0.1) is 0 Å². The standard InChI is InChI=1S/C21H26N2O4/c1-4-26-19-11-6-5-10-18(19)21(25)22-15-20(24)23(3)12-13-27-17-9-7-8-16(2)14-17/h5-11,14H,4,12-13,15H2,1-3H3,(H,22,25). The third-order valence-electron chi connectivity index (χ3n) is 3.94. The van der Waals surface area contributed by atoms with E-state index in [1.165, 1.54) is 4.90 Å². The average molecular weight is 370 g/mol. The maximum Gasteiger partial charge on any atom is 0.255 e. The number of hydrogen-bond donors (Lipinski definition) is 1. The number of carbonyl (C=O) groups excluding carboxylic acids is 2. The van der Waals surface area contributed by atoms with Gasteiger partial charge in [-0.3, -0.25) is 9.59 Å². The molecule has 0 heterocycles. The van der Waals surface area contributed by atoms with E-state index >= 15 is 0 Å².